The van der Waals surface area contributed by atoms with E-state index >= 15 is 0 Å². The van der Waals surface area contributed by atoms with Crippen LogP contribution in [0.2, 0.25) is 0 Å². The highest BCUT2D eigenvalue weighted by Crippen LogP contribution is 2.26. The van der Waals surface area contributed by atoms with E-state index in [1.54, 1.807) is 41.8 Å². The first-order chi connectivity index (χ1) is 11.4. The van der Waals surface area contributed by atoms with Gasteiger partial charge in [-0.3, -0.25) is 9.10 Å². The van der Waals surface area contributed by atoms with E-state index in [-0.39, 0.29) is 29.1 Å². The van der Waals surface area contributed by atoms with Crippen molar-refractivity contribution in [1.29, 1.82) is 0 Å². The van der Waals surface area contributed by atoms with E-state index in [2.05, 4.69) is 5.32 Å². The molecule has 1 aromatic heterocycles. The second-order valence-corrected chi connectivity index (χ2v) is 7.97. The Balaban J connectivity index is 0.00000312. The van der Waals surface area contributed by atoms with Gasteiger partial charge in [-0.1, -0.05) is 6.07 Å². The molecular weight excluding hydrogens is 386 g/mol. The molecule has 25 heavy (non-hydrogen) atoms. The number of ether oxygens (including phenoxy) is 1. The summed E-state index contributed by atoms with van der Waals surface area (Å²) >= 11 is 1.17. The van der Waals surface area contributed by atoms with Crippen LogP contribution in [0.25, 0.3) is 0 Å². The first-order valence-corrected chi connectivity index (χ1v) is 9.49. The predicted molar refractivity (Wildman–Crippen MR) is 101 cm³/mol. The van der Waals surface area contributed by atoms with E-state index in [1.807, 2.05) is 0 Å². The lowest BCUT2D eigenvalue weighted by Gasteiger charge is -2.18. The average molecular weight is 406 g/mol. The van der Waals surface area contributed by atoms with Crippen molar-refractivity contribution in [3.63, 3.8) is 0 Å². The molecule has 0 unspecified atom stereocenters. The van der Waals surface area contributed by atoms with Gasteiger partial charge in [0.15, 0.2) is 6.61 Å². The smallest absolute Gasteiger partial charge is 0.273 e. The molecule has 0 spiro atoms. The molecule has 1 heterocycles. The zero-order valence-electron chi connectivity index (χ0n) is 13.5. The second-order valence-electron chi connectivity index (χ2n) is 4.83. The lowest BCUT2D eigenvalue weighted by atomic mass is 10.3. The van der Waals surface area contributed by atoms with Crippen LogP contribution in [0, 0.1) is 0 Å². The molecule has 0 saturated heterocycles. The van der Waals surface area contributed by atoms with Crippen molar-refractivity contribution in [2.24, 2.45) is 5.73 Å². The summed E-state index contributed by atoms with van der Waals surface area (Å²) < 4.78 is 31.7. The van der Waals surface area contributed by atoms with E-state index < -0.39 is 10.0 Å². The van der Waals surface area contributed by atoms with Crippen LogP contribution in [0.15, 0.2) is 46.0 Å². The van der Waals surface area contributed by atoms with Crippen LogP contribution < -0.4 is 20.1 Å². The molecule has 0 aliphatic rings. The first kappa shape index (κ1) is 21.2. The predicted octanol–water partition coefficient (Wildman–Crippen LogP) is 1.45. The van der Waals surface area contributed by atoms with Gasteiger partial charge in [0.25, 0.3) is 15.9 Å². The largest absolute Gasteiger partial charge is 0.484 e. The Bertz CT molecular complexity index is 765. The number of hydrogen-bond donors (Lipinski definition) is 2. The third-order valence-corrected chi connectivity index (χ3v) is 6.31. The monoisotopic (exact) mass is 405 g/mol. The molecule has 138 valence electrons. The van der Waals surface area contributed by atoms with Gasteiger partial charge in [-0.25, -0.2) is 8.42 Å². The molecule has 0 saturated carbocycles. The molecule has 0 aliphatic carbocycles. The molecule has 0 radical (unpaired) electrons. The number of carbonyl (C=O) groups is 1. The molecule has 10 heteroatoms. The number of carbonyl (C=O) groups excluding carboxylic acids is 1. The Labute approximate surface area is 157 Å². The normalized spacial score (nSPS) is 10.6. The fraction of sp³-hybridized carbons (Fsp3) is 0.267. The molecule has 3 N–H and O–H groups in total. The lowest BCUT2D eigenvalue weighted by Crippen LogP contribution is -2.32. The number of amides is 1. The topological polar surface area (TPSA) is 102 Å². The molecule has 7 nitrogen and oxygen atoms in total. The van der Waals surface area contributed by atoms with Crippen LogP contribution in [-0.4, -0.2) is 41.1 Å². The summed E-state index contributed by atoms with van der Waals surface area (Å²) in [6.45, 7) is 0.640. The summed E-state index contributed by atoms with van der Waals surface area (Å²) in [7, 11) is -2.07. The van der Waals surface area contributed by atoms with Gasteiger partial charge in [-0.2, -0.15) is 0 Å². The summed E-state index contributed by atoms with van der Waals surface area (Å²) in [5.41, 5.74) is 5.79. The van der Waals surface area contributed by atoms with Crippen molar-refractivity contribution in [1.82, 2.24) is 5.32 Å². The van der Waals surface area contributed by atoms with E-state index in [0.717, 1.165) is 0 Å². The SMILES string of the molecule is CN(c1ccc(OCC(=O)NCCN)cc1)S(=O)(=O)c1cccs1.Cl. The van der Waals surface area contributed by atoms with Gasteiger partial charge in [-0.15, -0.1) is 23.7 Å². The highest BCUT2D eigenvalue weighted by molar-refractivity contribution is 7.94. The Morgan fingerprint density at radius 2 is 1.96 bits per heavy atom. The standard InChI is InChI=1S/C15H19N3O4S2.ClH/c1-18(24(20,21)15-3-2-10-23-15)12-4-6-13(7-5-12)22-11-14(19)17-9-8-16;/h2-7,10H,8-9,11,16H2,1H3,(H,17,19);1H. The van der Waals surface area contributed by atoms with Crippen LogP contribution >= 0.6 is 23.7 Å². The highest BCUT2D eigenvalue weighted by atomic mass is 35.5. The van der Waals surface area contributed by atoms with Gasteiger partial charge in [0.2, 0.25) is 0 Å². The molecule has 1 amide bonds. The van der Waals surface area contributed by atoms with Crippen molar-refractivity contribution < 1.29 is 17.9 Å². The summed E-state index contributed by atoms with van der Waals surface area (Å²) in [5.74, 6) is 0.213. The van der Waals surface area contributed by atoms with Gasteiger partial charge in [0, 0.05) is 20.1 Å². The minimum atomic E-state index is -3.56. The number of rotatable bonds is 8. The van der Waals surface area contributed by atoms with Gasteiger partial charge in [0.1, 0.15) is 9.96 Å². The first-order valence-electron chi connectivity index (χ1n) is 7.17. The minimum Gasteiger partial charge on any atom is -0.484 e. The van der Waals surface area contributed by atoms with E-state index in [0.29, 0.717) is 24.5 Å². The molecule has 0 bridgehead atoms. The average Bonchev–Trinajstić information content (AvgIpc) is 3.13. The van der Waals surface area contributed by atoms with Crippen LogP contribution in [0.3, 0.4) is 0 Å². The van der Waals surface area contributed by atoms with Crippen LogP contribution in [-0.2, 0) is 14.8 Å². The third-order valence-electron chi connectivity index (χ3n) is 3.15. The van der Waals surface area contributed by atoms with Crippen molar-refractivity contribution in [2.45, 2.75) is 4.21 Å². The summed E-state index contributed by atoms with van der Waals surface area (Å²) in [6.07, 6.45) is 0. The Hall–Kier alpha value is -1.81. The van der Waals surface area contributed by atoms with E-state index in [1.165, 1.54) is 22.7 Å². The molecule has 0 fully saturated rings. The number of benzene rings is 1. The lowest BCUT2D eigenvalue weighted by molar-refractivity contribution is -0.123. The van der Waals surface area contributed by atoms with Crippen LogP contribution in [0.5, 0.6) is 5.75 Å². The fourth-order valence-corrected chi connectivity index (χ4v) is 4.20. The number of sulfonamides is 1. The number of anilines is 1. The maximum absolute atomic E-state index is 12.4. The maximum Gasteiger partial charge on any atom is 0.273 e. The van der Waals surface area contributed by atoms with Crippen LogP contribution in [0.1, 0.15) is 0 Å². The summed E-state index contributed by atoms with van der Waals surface area (Å²) in [5, 5.41) is 4.31. The number of nitrogens with zero attached hydrogens (tertiary/aromatic N) is 1. The molecule has 2 rings (SSSR count). The quantitative estimate of drug-likeness (QED) is 0.692. The molecule has 0 aliphatic heterocycles. The Kier molecular flexibility index (Phi) is 8.17. The van der Waals surface area contributed by atoms with E-state index in [9.17, 15) is 13.2 Å². The second kappa shape index (κ2) is 9.62. The number of thiophene rings is 1. The number of hydrogen-bond acceptors (Lipinski definition) is 6. The van der Waals surface area contributed by atoms with Crippen molar-refractivity contribution in [2.75, 3.05) is 31.0 Å². The molecular formula is C15H20ClN3O4S2. The van der Waals surface area contributed by atoms with Gasteiger partial charge in [-0.05, 0) is 35.7 Å². The minimum absolute atomic E-state index is 0. The highest BCUT2D eigenvalue weighted by Gasteiger charge is 2.22. The van der Waals surface area contributed by atoms with Crippen molar-refractivity contribution in [3.05, 3.63) is 41.8 Å². The number of nitrogens with one attached hydrogen (secondary N) is 1. The van der Waals surface area contributed by atoms with Gasteiger partial charge >= 0.3 is 0 Å². The van der Waals surface area contributed by atoms with E-state index in [4.69, 9.17) is 10.5 Å². The molecule has 2 aromatic rings. The molecule has 1 aromatic carbocycles. The van der Waals surface area contributed by atoms with Gasteiger partial charge in [0.05, 0.1) is 5.69 Å². The Morgan fingerprint density at radius 1 is 1.28 bits per heavy atom. The summed E-state index contributed by atoms with van der Waals surface area (Å²) in [6, 6.07) is 9.74. The fourth-order valence-electron chi connectivity index (χ4n) is 1.85. The summed E-state index contributed by atoms with van der Waals surface area (Å²) in [4.78, 5) is 11.4. The van der Waals surface area contributed by atoms with Crippen molar-refractivity contribution >= 4 is 45.4 Å². The van der Waals surface area contributed by atoms with Gasteiger partial charge < -0.3 is 15.8 Å². The van der Waals surface area contributed by atoms with Crippen molar-refractivity contribution in [3.8, 4) is 5.75 Å². The number of halogens is 1. The Morgan fingerprint density at radius 3 is 2.52 bits per heavy atom. The van der Waals surface area contributed by atoms with Crippen LogP contribution in [0.4, 0.5) is 5.69 Å². The maximum atomic E-state index is 12.4. The zero-order chi connectivity index (χ0) is 17.6. The number of nitrogens with two attached hydrogens (primary N) is 1. The third kappa shape index (κ3) is 5.60. The molecule has 0 atom stereocenters. The zero-order valence-corrected chi connectivity index (χ0v) is 16.0.